The summed E-state index contributed by atoms with van der Waals surface area (Å²) in [5.74, 6) is -1.26. The van der Waals surface area contributed by atoms with Crippen LogP contribution in [0.1, 0.15) is 39.5 Å². The van der Waals surface area contributed by atoms with Gasteiger partial charge in [-0.25, -0.2) is 4.79 Å². The van der Waals surface area contributed by atoms with Crippen LogP contribution >= 0.6 is 23.5 Å². The Morgan fingerprint density at radius 3 is 2.56 bits per heavy atom. The van der Waals surface area contributed by atoms with E-state index in [2.05, 4.69) is 26.7 Å². The summed E-state index contributed by atoms with van der Waals surface area (Å²) in [6, 6.07) is 0. The molecule has 1 saturated heterocycles. The van der Waals surface area contributed by atoms with Crippen molar-refractivity contribution in [3.63, 3.8) is 0 Å². The van der Waals surface area contributed by atoms with Gasteiger partial charge in [-0.1, -0.05) is 19.1 Å². The summed E-state index contributed by atoms with van der Waals surface area (Å²) in [6.07, 6.45) is 1.00. The lowest BCUT2D eigenvalue weighted by atomic mass is 10.2. The maximum Gasteiger partial charge on any atom is 0.423 e. The van der Waals surface area contributed by atoms with E-state index in [1.54, 1.807) is 11.8 Å². The van der Waals surface area contributed by atoms with Crippen LogP contribution < -0.4 is 0 Å². The predicted octanol–water partition coefficient (Wildman–Crippen LogP) is 5.90. The van der Waals surface area contributed by atoms with Gasteiger partial charge in [-0.3, -0.25) is 0 Å². The first-order valence-electron chi connectivity index (χ1n) is 8.14. The van der Waals surface area contributed by atoms with Crippen molar-refractivity contribution in [3.8, 4) is 0 Å². The Labute approximate surface area is 156 Å². The highest BCUT2D eigenvalue weighted by atomic mass is 32.2. The number of rotatable bonds is 4. The minimum Gasteiger partial charge on any atom is -0.443 e. The minimum absolute atomic E-state index is 0.0545. The molecule has 0 aromatic carbocycles. The number of carbonyl (C=O) groups excluding carboxylic acids is 1. The van der Waals surface area contributed by atoms with Gasteiger partial charge in [0.15, 0.2) is 4.93 Å². The molecule has 1 saturated carbocycles. The van der Waals surface area contributed by atoms with Gasteiger partial charge >= 0.3 is 12.1 Å². The Balaban J connectivity index is 0.00000151. The Kier molecular flexibility index (Phi) is 8.19. The third-order valence-corrected chi connectivity index (χ3v) is 8.11. The Bertz CT molecular complexity index is 519. The molecule has 2 rings (SSSR count). The largest absolute Gasteiger partial charge is 0.443 e. The number of alkyl halides is 3. The van der Waals surface area contributed by atoms with Crippen LogP contribution in [-0.2, 0) is 9.53 Å². The molecule has 0 amide bonds. The summed E-state index contributed by atoms with van der Waals surface area (Å²) < 4.78 is 44.3. The fourth-order valence-electron chi connectivity index (χ4n) is 3.07. The smallest absolute Gasteiger partial charge is 0.423 e. The first-order chi connectivity index (χ1) is 11.7. The summed E-state index contributed by atoms with van der Waals surface area (Å²) in [5, 5.41) is 0.607. The van der Waals surface area contributed by atoms with Crippen molar-refractivity contribution in [3.05, 3.63) is 37.5 Å². The van der Waals surface area contributed by atoms with Crippen molar-refractivity contribution in [1.82, 2.24) is 0 Å². The highest BCUT2D eigenvalue weighted by Crippen LogP contribution is 2.57. The van der Waals surface area contributed by atoms with Crippen molar-refractivity contribution in [1.29, 1.82) is 0 Å². The maximum atomic E-state index is 12.9. The third-order valence-electron chi connectivity index (χ3n) is 4.21. The van der Waals surface area contributed by atoms with E-state index in [0.717, 1.165) is 25.3 Å². The van der Waals surface area contributed by atoms with Gasteiger partial charge in [-0.2, -0.15) is 13.2 Å². The second-order valence-corrected chi connectivity index (χ2v) is 8.92. The molecule has 0 aromatic heterocycles. The molecule has 1 aliphatic heterocycles. The van der Waals surface area contributed by atoms with Crippen LogP contribution in [0.15, 0.2) is 37.5 Å². The highest BCUT2D eigenvalue weighted by Gasteiger charge is 2.54. The SMILES string of the molecule is C=C.C=CCC1SC2(OC(=O)C(=CC)C(F)(F)F)CCCC2SC1C. The van der Waals surface area contributed by atoms with E-state index in [-0.39, 0.29) is 10.5 Å². The van der Waals surface area contributed by atoms with E-state index >= 15 is 0 Å². The van der Waals surface area contributed by atoms with Crippen LogP contribution in [-0.4, -0.2) is 32.8 Å². The number of thioether (sulfide) groups is 2. The Hall–Kier alpha value is -0.820. The molecule has 0 spiro atoms. The van der Waals surface area contributed by atoms with Crippen molar-refractivity contribution >= 4 is 29.5 Å². The van der Waals surface area contributed by atoms with Gasteiger partial charge in [-0.15, -0.1) is 43.3 Å². The van der Waals surface area contributed by atoms with E-state index in [1.165, 1.54) is 18.7 Å². The third kappa shape index (κ3) is 5.09. The standard InChI is InChI=1S/C16H21F3O2S2.C2H4/c1-4-7-12-10(3)22-13-8-6-9-15(13,23-12)21-14(20)11(5-2)16(17,18)19;1-2/h4-5,10,12-13H,1,6-9H2,2-3H3;1-2H2. The Morgan fingerprint density at radius 2 is 2.04 bits per heavy atom. The molecule has 2 fully saturated rings. The van der Waals surface area contributed by atoms with Gasteiger partial charge in [-0.05, 0) is 32.6 Å². The number of esters is 1. The highest BCUT2D eigenvalue weighted by molar-refractivity contribution is 8.08. The molecule has 1 heterocycles. The van der Waals surface area contributed by atoms with E-state index in [0.29, 0.717) is 11.7 Å². The quantitative estimate of drug-likeness (QED) is 0.337. The second kappa shape index (κ2) is 9.21. The summed E-state index contributed by atoms with van der Waals surface area (Å²) in [4.78, 5) is 11.3. The summed E-state index contributed by atoms with van der Waals surface area (Å²) in [6.45, 7) is 13.1. The number of halogens is 3. The molecule has 0 bridgehead atoms. The number of allylic oxidation sites excluding steroid dienone is 2. The number of ether oxygens (including phenoxy) is 1. The normalized spacial score (nSPS) is 32.2. The lowest BCUT2D eigenvalue weighted by Gasteiger charge is -2.44. The molecule has 7 heteroatoms. The first-order valence-corrected chi connectivity index (χ1v) is 9.96. The Morgan fingerprint density at radius 1 is 1.40 bits per heavy atom. The van der Waals surface area contributed by atoms with Crippen molar-refractivity contribution in [2.75, 3.05) is 0 Å². The van der Waals surface area contributed by atoms with Gasteiger partial charge < -0.3 is 4.74 Å². The van der Waals surface area contributed by atoms with Crippen molar-refractivity contribution in [2.24, 2.45) is 0 Å². The summed E-state index contributed by atoms with van der Waals surface area (Å²) in [5.41, 5.74) is -1.22. The molecule has 4 atom stereocenters. The average molecular weight is 395 g/mol. The van der Waals surface area contributed by atoms with E-state index in [1.807, 2.05) is 6.08 Å². The van der Waals surface area contributed by atoms with Gasteiger partial charge in [0.1, 0.15) is 5.57 Å². The molecule has 0 radical (unpaired) electrons. The molecular formula is C18H25F3O2S2. The van der Waals surface area contributed by atoms with E-state index < -0.39 is 22.7 Å². The van der Waals surface area contributed by atoms with E-state index in [4.69, 9.17) is 4.74 Å². The number of hydrogen-bond acceptors (Lipinski definition) is 4. The fourth-order valence-corrected chi connectivity index (χ4v) is 6.84. The average Bonchev–Trinajstić information content (AvgIpc) is 2.91. The molecule has 2 aliphatic rings. The minimum atomic E-state index is -4.68. The van der Waals surface area contributed by atoms with Gasteiger partial charge in [0.05, 0.1) is 5.25 Å². The second-order valence-electron chi connectivity index (χ2n) is 5.80. The van der Waals surface area contributed by atoms with Crippen molar-refractivity contribution < 1.29 is 22.7 Å². The van der Waals surface area contributed by atoms with E-state index in [9.17, 15) is 18.0 Å². The lowest BCUT2D eigenvalue weighted by Crippen LogP contribution is -2.46. The van der Waals surface area contributed by atoms with Crippen LogP contribution in [0.5, 0.6) is 0 Å². The van der Waals surface area contributed by atoms with Gasteiger partial charge in [0, 0.05) is 10.5 Å². The van der Waals surface area contributed by atoms with Gasteiger partial charge in [0.25, 0.3) is 0 Å². The fraction of sp³-hybridized carbons (Fsp3) is 0.611. The molecule has 0 aromatic rings. The lowest BCUT2D eigenvalue weighted by molar-refractivity contribution is -0.157. The molecule has 4 unspecified atom stereocenters. The van der Waals surface area contributed by atoms with Crippen LogP contribution in [0.4, 0.5) is 13.2 Å². The number of fused-ring (bicyclic) bond motifs is 1. The molecule has 25 heavy (non-hydrogen) atoms. The van der Waals surface area contributed by atoms with Crippen LogP contribution in [0.2, 0.25) is 0 Å². The summed E-state index contributed by atoms with van der Waals surface area (Å²) in [7, 11) is 0. The van der Waals surface area contributed by atoms with Gasteiger partial charge in [0.2, 0.25) is 0 Å². The molecule has 1 aliphatic carbocycles. The zero-order valence-electron chi connectivity index (χ0n) is 14.6. The summed E-state index contributed by atoms with van der Waals surface area (Å²) >= 11 is 3.25. The zero-order valence-corrected chi connectivity index (χ0v) is 16.2. The monoisotopic (exact) mass is 394 g/mol. The molecule has 2 nitrogen and oxygen atoms in total. The van der Waals surface area contributed by atoms with Crippen LogP contribution in [0.3, 0.4) is 0 Å². The van der Waals surface area contributed by atoms with Crippen LogP contribution in [0.25, 0.3) is 0 Å². The molecular weight excluding hydrogens is 369 g/mol. The predicted molar refractivity (Wildman–Crippen MR) is 101 cm³/mol. The zero-order chi connectivity index (χ0) is 19.3. The number of hydrogen-bond donors (Lipinski definition) is 0. The molecule has 0 N–H and O–H groups in total. The van der Waals surface area contributed by atoms with Crippen LogP contribution in [0, 0.1) is 0 Å². The maximum absolute atomic E-state index is 12.9. The van der Waals surface area contributed by atoms with Crippen molar-refractivity contribution in [2.45, 2.75) is 66.4 Å². The topological polar surface area (TPSA) is 26.3 Å². The molecule has 142 valence electrons. The first kappa shape index (κ1) is 22.2. The number of carbonyl (C=O) groups is 1.